The molecule has 0 aromatic heterocycles. The normalized spacial score (nSPS) is 11.3. The molecule has 0 aliphatic carbocycles. The van der Waals surface area contributed by atoms with E-state index < -0.39 is 16.0 Å². The van der Waals surface area contributed by atoms with Crippen LogP contribution < -0.4 is 5.32 Å². The number of carbonyl (C=O) groups is 2. The molecule has 0 heterocycles. The van der Waals surface area contributed by atoms with E-state index in [0.717, 1.165) is 4.31 Å². The molecule has 7 nitrogen and oxygen atoms in total. The zero-order chi connectivity index (χ0) is 14.2. The van der Waals surface area contributed by atoms with E-state index in [9.17, 15) is 18.0 Å². The molecule has 1 amide bonds. The smallest absolute Gasteiger partial charge is 0.305 e. The van der Waals surface area contributed by atoms with E-state index in [4.69, 9.17) is 0 Å². The Bertz CT molecular complexity index is 380. The third kappa shape index (κ3) is 5.97. The van der Waals surface area contributed by atoms with Gasteiger partial charge < -0.3 is 10.1 Å². The summed E-state index contributed by atoms with van der Waals surface area (Å²) in [5, 5.41) is 2.37. The van der Waals surface area contributed by atoms with Crippen LogP contribution in [0.2, 0.25) is 0 Å². The lowest BCUT2D eigenvalue weighted by molar-refractivity contribution is -0.140. The first-order valence-electron chi connectivity index (χ1n) is 5.62. The van der Waals surface area contributed by atoms with Crippen LogP contribution in [0.25, 0.3) is 0 Å². The number of hydrogen-bond acceptors (Lipinski definition) is 5. The van der Waals surface area contributed by atoms with Crippen molar-refractivity contribution in [1.29, 1.82) is 0 Å². The molecule has 0 bridgehead atoms. The Morgan fingerprint density at radius 2 is 1.94 bits per heavy atom. The standard InChI is InChI=1S/C10H20N2O5S/c1-4-12(8-9(13)11-2)18(15,16)7-5-6-10(14)17-3/h4-8H2,1-3H3,(H,11,13). The third-order valence-corrected chi connectivity index (χ3v) is 4.33. The number of sulfonamides is 1. The fourth-order valence-electron chi connectivity index (χ4n) is 1.28. The van der Waals surface area contributed by atoms with Crippen LogP contribution >= 0.6 is 0 Å². The SMILES string of the molecule is CCN(CC(=O)NC)S(=O)(=O)CCCC(=O)OC. The summed E-state index contributed by atoms with van der Waals surface area (Å²) >= 11 is 0. The first-order valence-corrected chi connectivity index (χ1v) is 7.23. The number of nitrogens with zero attached hydrogens (tertiary/aromatic N) is 1. The van der Waals surface area contributed by atoms with Crippen molar-refractivity contribution in [3.05, 3.63) is 0 Å². The van der Waals surface area contributed by atoms with Crippen LogP contribution in [0.15, 0.2) is 0 Å². The van der Waals surface area contributed by atoms with Crippen LogP contribution in [0.1, 0.15) is 19.8 Å². The lowest BCUT2D eigenvalue weighted by atomic mass is 10.3. The van der Waals surface area contributed by atoms with Crippen LogP contribution in [0.3, 0.4) is 0 Å². The average Bonchev–Trinajstić information content (AvgIpc) is 2.34. The first-order chi connectivity index (χ1) is 8.37. The summed E-state index contributed by atoms with van der Waals surface area (Å²) in [5.41, 5.74) is 0. The number of rotatable bonds is 8. The molecule has 0 spiro atoms. The van der Waals surface area contributed by atoms with Crippen LogP contribution in [0.4, 0.5) is 0 Å². The number of carbonyl (C=O) groups excluding carboxylic acids is 2. The van der Waals surface area contributed by atoms with Gasteiger partial charge in [0, 0.05) is 20.0 Å². The van der Waals surface area contributed by atoms with Crippen LogP contribution in [0.5, 0.6) is 0 Å². The van der Waals surface area contributed by atoms with Crippen molar-refractivity contribution in [2.24, 2.45) is 0 Å². The molecule has 0 saturated carbocycles. The van der Waals surface area contributed by atoms with Gasteiger partial charge in [-0.2, -0.15) is 4.31 Å². The maximum absolute atomic E-state index is 11.9. The van der Waals surface area contributed by atoms with Gasteiger partial charge in [-0.3, -0.25) is 9.59 Å². The molecule has 1 N–H and O–H groups in total. The summed E-state index contributed by atoms with van der Waals surface area (Å²) in [5.74, 6) is -0.986. The number of amides is 1. The Labute approximate surface area is 108 Å². The first kappa shape index (κ1) is 16.9. The van der Waals surface area contributed by atoms with Gasteiger partial charge in [-0.05, 0) is 6.42 Å². The largest absolute Gasteiger partial charge is 0.469 e. The molecule has 0 aliphatic rings. The second-order valence-electron chi connectivity index (χ2n) is 3.60. The second kappa shape index (κ2) is 8.04. The molecular formula is C10H20N2O5S. The molecule has 0 radical (unpaired) electrons. The van der Waals surface area contributed by atoms with Gasteiger partial charge in [-0.25, -0.2) is 8.42 Å². The maximum atomic E-state index is 11.9. The van der Waals surface area contributed by atoms with Crippen molar-refractivity contribution in [1.82, 2.24) is 9.62 Å². The van der Waals surface area contributed by atoms with E-state index in [-0.39, 0.29) is 37.6 Å². The van der Waals surface area contributed by atoms with Crippen LogP contribution in [-0.4, -0.2) is 57.6 Å². The van der Waals surface area contributed by atoms with E-state index in [1.165, 1.54) is 14.2 Å². The van der Waals surface area contributed by atoms with Gasteiger partial charge in [0.05, 0.1) is 19.4 Å². The van der Waals surface area contributed by atoms with Gasteiger partial charge in [0.15, 0.2) is 0 Å². The maximum Gasteiger partial charge on any atom is 0.305 e. The zero-order valence-electron chi connectivity index (χ0n) is 10.9. The number of hydrogen-bond donors (Lipinski definition) is 1. The summed E-state index contributed by atoms with van der Waals surface area (Å²) in [4.78, 5) is 22.0. The zero-order valence-corrected chi connectivity index (χ0v) is 11.7. The van der Waals surface area contributed by atoms with Crippen molar-refractivity contribution in [2.45, 2.75) is 19.8 Å². The molecule has 0 aromatic rings. The topological polar surface area (TPSA) is 92.8 Å². The van der Waals surface area contributed by atoms with Gasteiger partial charge in [0.1, 0.15) is 0 Å². The van der Waals surface area contributed by atoms with Crippen LogP contribution in [0, 0.1) is 0 Å². The number of ether oxygens (including phenoxy) is 1. The number of likely N-dealkylation sites (N-methyl/N-ethyl adjacent to an activating group) is 2. The van der Waals surface area contributed by atoms with Crippen LogP contribution in [-0.2, 0) is 24.3 Å². The van der Waals surface area contributed by atoms with Gasteiger partial charge in [-0.1, -0.05) is 6.92 Å². The Morgan fingerprint density at radius 3 is 2.39 bits per heavy atom. The third-order valence-electron chi connectivity index (χ3n) is 2.36. The van der Waals surface area contributed by atoms with Crippen molar-refractivity contribution in [2.75, 3.05) is 33.0 Å². The highest BCUT2D eigenvalue weighted by atomic mass is 32.2. The Morgan fingerprint density at radius 1 is 1.33 bits per heavy atom. The van der Waals surface area contributed by atoms with E-state index in [0.29, 0.717) is 0 Å². The molecule has 18 heavy (non-hydrogen) atoms. The van der Waals surface area contributed by atoms with Crippen molar-refractivity contribution >= 4 is 21.9 Å². The van der Waals surface area contributed by atoms with E-state index in [1.807, 2.05) is 0 Å². The number of methoxy groups -OCH3 is 1. The van der Waals surface area contributed by atoms with E-state index >= 15 is 0 Å². The summed E-state index contributed by atoms with van der Waals surface area (Å²) in [6, 6.07) is 0. The predicted molar refractivity (Wildman–Crippen MR) is 66.4 cm³/mol. The molecule has 0 fully saturated rings. The molecule has 0 saturated heterocycles. The molecule has 8 heteroatoms. The number of nitrogens with one attached hydrogen (secondary N) is 1. The van der Waals surface area contributed by atoms with E-state index in [1.54, 1.807) is 6.92 Å². The molecule has 0 atom stereocenters. The summed E-state index contributed by atoms with van der Waals surface area (Å²) in [6.07, 6.45) is 0.229. The molecule has 106 valence electrons. The van der Waals surface area contributed by atoms with Gasteiger partial charge in [-0.15, -0.1) is 0 Å². The second-order valence-corrected chi connectivity index (χ2v) is 5.68. The summed E-state index contributed by atoms with van der Waals surface area (Å²) in [6.45, 7) is 1.67. The van der Waals surface area contributed by atoms with Crippen molar-refractivity contribution in [3.63, 3.8) is 0 Å². The minimum Gasteiger partial charge on any atom is -0.469 e. The molecule has 0 rings (SSSR count). The van der Waals surface area contributed by atoms with Gasteiger partial charge >= 0.3 is 5.97 Å². The fraction of sp³-hybridized carbons (Fsp3) is 0.800. The van der Waals surface area contributed by atoms with Gasteiger partial charge in [0.25, 0.3) is 0 Å². The average molecular weight is 280 g/mol. The molecule has 0 aromatic carbocycles. The van der Waals surface area contributed by atoms with Gasteiger partial charge in [0.2, 0.25) is 15.9 Å². The lowest BCUT2D eigenvalue weighted by Crippen LogP contribution is -2.40. The Hall–Kier alpha value is -1.15. The lowest BCUT2D eigenvalue weighted by Gasteiger charge is -2.19. The molecular weight excluding hydrogens is 260 g/mol. The highest BCUT2D eigenvalue weighted by Gasteiger charge is 2.22. The number of esters is 1. The van der Waals surface area contributed by atoms with Crippen molar-refractivity contribution < 1.29 is 22.7 Å². The quantitative estimate of drug-likeness (QED) is 0.596. The highest BCUT2D eigenvalue weighted by molar-refractivity contribution is 7.89. The monoisotopic (exact) mass is 280 g/mol. The molecule has 0 aliphatic heterocycles. The highest BCUT2D eigenvalue weighted by Crippen LogP contribution is 2.05. The Balaban J connectivity index is 4.39. The molecule has 0 unspecified atom stereocenters. The fourth-order valence-corrected chi connectivity index (χ4v) is 2.75. The minimum atomic E-state index is -3.52. The summed E-state index contributed by atoms with van der Waals surface area (Å²) in [7, 11) is -0.822. The Kier molecular flexibility index (Phi) is 7.53. The van der Waals surface area contributed by atoms with Crippen molar-refractivity contribution in [3.8, 4) is 0 Å². The minimum absolute atomic E-state index is 0.0489. The summed E-state index contributed by atoms with van der Waals surface area (Å²) < 4.78 is 29.3. The predicted octanol–water partition coefficient (Wildman–Crippen LogP) is -0.663. The van der Waals surface area contributed by atoms with E-state index in [2.05, 4.69) is 10.1 Å².